The normalized spacial score (nSPS) is 10.4. The van der Waals surface area contributed by atoms with E-state index < -0.39 is 0 Å². The molecular weight excluding hydrogens is 228 g/mol. The fourth-order valence-electron chi connectivity index (χ4n) is 1.71. The first-order valence-corrected chi connectivity index (χ1v) is 5.48. The number of anilines is 1. The Morgan fingerprint density at radius 3 is 2.83 bits per heavy atom. The molecule has 0 atom stereocenters. The fraction of sp³-hybridized carbons (Fsp3) is 0. The van der Waals surface area contributed by atoms with Crippen LogP contribution in [0.1, 0.15) is 10.5 Å². The number of nitrogens with zero attached hydrogens (tertiary/aromatic N) is 2. The van der Waals surface area contributed by atoms with Crippen molar-refractivity contribution in [2.24, 2.45) is 0 Å². The Morgan fingerprint density at radius 2 is 2.06 bits per heavy atom. The molecule has 0 aliphatic rings. The minimum Gasteiger partial charge on any atom is -0.335 e. The number of carbonyl (C=O) groups excluding carboxylic acids is 1. The summed E-state index contributed by atoms with van der Waals surface area (Å²) in [5.41, 5.74) is 1.88. The minimum atomic E-state index is -0.195. The van der Waals surface area contributed by atoms with Gasteiger partial charge in [0.2, 0.25) is 0 Å². The fourth-order valence-corrected chi connectivity index (χ4v) is 1.71. The number of benzene rings is 1. The van der Waals surface area contributed by atoms with E-state index in [-0.39, 0.29) is 5.91 Å². The zero-order chi connectivity index (χ0) is 12.4. The molecule has 5 nitrogen and oxygen atoms in total. The molecule has 1 aromatic carbocycles. The summed E-state index contributed by atoms with van der Waals surface area (Å²) in [5, 5.41) is 3.62. The minimum absolute atomic E-state index is 0.195. The lowest BCUT2D eigenvalue weighted by molar-refractivity contribution is 0.102. The van der Waals surface area contributed by atoms with Crippen LogP contribution >= 0.6 is 0 Å². The van der Waals surface area contributed by atoms with Gasteiger partial charge in [-0.25, -0.2) is 9.97 Å². The van der Waals surface area contributed by atoms with Gasteiger partial charge >= 0.3 is 0 Å². The van der Waals surface area contributed by atoms with Gasteiger partial charge in [-0.3, -0.25) is 4.79 Å². The molecule has 0 saturated heterocycles. The van der Waals surface area contributed by atoms with Crippen LogP contribution in [0.25, 0.3) is 11.0 Å². The summed E-state index contributed by atoms with van der Waals surface area (Å²) >= 11 is 0. The van der Waals surface area contributed by atoms with E-state index in [4.69, 9.17) is 0 Å². The van der Waals surface area contributed by atoms with Crippen molar-refractivity contribution >= 4 is 22.6 Å². The molecule has 2 heterocycles. The molecule has 0 fully saturated rings. The van der Waals surface area contributed by atoms with Crippen molar-refractivity contribution in [2.75, 3.05) is 5.32 Å². The molecular formula is C13H10N4O. The topological polar surface area (TPSA) is 70.7 Å². The Hall–Kier alpha value is -2.69. The summed E-state index contributed by atoms with van der Waals surface area (Å²) in [4.78, 5) is 22.9. The number of aromatic amines is 1. The van der Waals surface area contributed by atoms with Crippen molar-refractivity contribution in [3.63, 3.8) is 0 Å². The SMILES string of the molecule is O=C(Nc1ccccc1)c1cc2cncnc2[nH]1. The van der Waals surface area contributed by atoms with Gasteiger partial charge in [0, 0.05) is 17.3 Å². The Kier molecular flexibility index (Phi) is 2.49. The second-order valence-electron chi connectivity index (χ2n) is 3.83. The third kappa shape index (κ3) is 1.93. The van der Waals surface area contributed by atoms with Gasteiger partial charge in [-0.05, 0) is 18.2 Å². The lowest BCUT2D eigenvalue weighted by Gasteiger charge is -2.02. The van der Waals surface area contributed by atoms with Gasteiger partial charge in [-0.1, -0.05) is 18.2 Å². The maximum atomic E-state index is 12.0. The van der Waals surface area contributed by atoms with Crippen LogP contribution in [0.3, 0.4) is 0 Å². The number of rotatable bonds is 2. The lowest BCUT2D eigenvalue weighted by Crippen LogP contribution is -2.11. The highest BCUT2D eigenvalue weighted by atomic mass is 16.1. The molecule has 88 valence electrons. The van der Waals surface area contributed by atoms with E-state index in [0.29, 0.717) is 11.3 Å². The highest BCUT2D eigenvalue weighted by Crippen LogP contribution is 2.13. The van der Waals surface area contributed by atoms with Crippen molar-refractivity contribution < 1.29 is 4.79 Å². The van der Waals surface area contributed by atoms with Gasteiger partial charge in [-0.2, -0.15) is 0 Å². The van der Waals surface area contributed by atoms with Crippen LogP contribution < -0.4 is 5.32 Å². The van der Waals surface area contributed by atoms with Gasteiger partial charge in [0.15, 0.2) is 0 Å². The average molecular weight is 238 g/mol. The number of para-hydroxylation sites is 1. The number of amides is 1. The molecule has 2 N–H and O–H groups in total. The van der Waals surface area contributed by atoms with E-state index in [2.05, 4.69) is 20.3 Å². The quantitative estimate of drug-likeness (QED) is 0.719. The third-order valence-corrected chi connectivity index (χ3v) is 2.57. The maximum Gasteiger partial charge on any atom is 0.272 e. The molecule has 0 bridgehead atoms. The highest BCUT2D eigenvalue weighted by molar-refractivity contribution is 6.05. The molecule has 0 aliphatic carbocycles. The maximum absolute atomic E-state index is 12.0. The Balaban J connectivity index is 1.88. The number of hydrogen-bond donors (Lipinski definition) is 2. The molecule has 3 aromatic rings. The van der Waals surface area contributed by atoms with Gasteiger partial charge in [0.25, 0.3) is 5.91 Å². The standard InChI is InChI=1S/C13H10N4O/c18-13(16-10-4-2-1-3-5-10)11-6-9-7-14-8-15-12(9)17-11/h1-8H,(H,16,18)(H,14,15,17). The first kappa shape index (κ1) is 10.5. The Labute approximate surface area is 103 Å². The van der Waals surface area contributed by atoms with Crippen LogP contribution in [0, 0.1) is 0 Å². The second kappa shape index (κ2) is 4.29. The number of aromatic nitrogens is 3. The van der Waals surface area contributed by atoms with Crippen LogP contribution in [0.15, 0.2) is 48.9 Å². The van der Waals surface area contributed by atoms with E-state index in [1.54, 1.807) is 12.3 Å². The molecule has 1 amide bonds. The largest absolute Gasteiger partial charge is 0.335 e. The number of H-pyrrole nitrogens is 1. The summed E-state index contributed by atoms with van der Waals surface area (Å²) in [7, 11) is 0. The number of carbonyl (C=O) groups is 1. The number of hydrogen-bond acceptors (Lipinski definition) is 3. The van der Waals surface area contributed by atoms with Crippen molar-refractivity contribution in [1.29, 1.82) is 0 Å². The Bertz CT molecular complexity index is 657. The van der Waals surface area contributed by atoms with Gasteiger partial charge < -0.3 is 10.3 Å². The van der Waals surface area contributed by atoms with E-state index in [9.17, 15) is 4.79 Å². The number of nitrogens with one attached hydrogen (secondary N) is 2. The van der Waals surface area contributed by atoms with Crippen molar-refractivity contribution in [2.45, 2.75) is 0 Å². The van der Waals surface area contributed by atoms with Crippen molar-refractivity contribution in [3.05, 3.63) is 54.6 Å². The van der Waals surface area contributed by atoms with E-state index in [0.717, 1.165) is 11.1 Å². The van der Waals surface area contributed by atoms with Crippen LogP contribution in [-0.2, 0) is 0 Å². The predicted molar refractivity (Wildman–Crippen MR) is 68.3 cm³/mol. The van der Waals surface area contributed by atoms with Crippen LogP contribution in [-0.4, -0.2) is 20.9 Å². The third-order valence-electron chi connectivity index (χ3n) is 2.57. The van der Waals surface area contributed by atoms with Crippen molar-refractivity contribution in [1.82, 2.24) is 15.0 Å². The monoisotopic (exact) mass is 238 g/mol. The molecule has 5 heteroatoms. The highest BCUT2D eigenvalue weighted by Gasteiger charge is 2.09. The van der Waals surface area contributed by atoms with Gasteiger partial charge in [-0.15, -0.1) is 0 Å². The zero-order valence-corrected chi connectivity index (χ0v) is 9.42. The molecule has 0 spiro atoms. The molecule has 0 radical (unpaired) electrons. The summed E-state index contributed by atoms with van der Waals surface area (Å²) in [5.74, 6) is -0.195. The average Bonchev–Trinajstić information content (AvgIpc) is 2.84. The van der Waals surface area contributed by atoms with Gasteiger partial charge in [0.1, 0.15) is 17.7 Å². The second-order valence-corrected chi connectivity index (χ2v) is 3.83. The van der Waals surface area contributed by atoms with E-state index in [1.807, 2.05) is 30.3 Å². The van der Waals surface area contributed by atoms with Crippen LogP contribution in [0.2, 0.25) is 0 Å². The summed E-state index contributed by atoms with van der Waals surface area (Å²) in [6, 6.07) is 11.0. The smallest absolute Gasteiger partial charge is 0.272 e. The zero-order valence-electron chi connectivity index (χ0n) is 9.42. The van der Waals surface area contributed by atoms with Crippen LogP contribution in [0.4, 0.5) is 5.69 Å². The lowest BCUT2D eigenvalue weighted by atomic mass is 10.3. The first-order valence-electron chi connectivity index (χ1n) is 5.48. The first-order chi connectivity index (χ1) is 8.83. The van der Waals surface area contributed by atoms with Crippen molar-refractivity contribution in [3.8, 4) is 0 Å². The molecule has 0 aliphatic heterocycles. The molecule has 0 unspecified atom stereocenters. The van der Waals surface area contributed by atoms with Crippen LogP contribution in [0.5, 0.6) is 0 Å². The number of fused-ring (bicyclic) bond motifs is 1. The Morgan fingerprint density at radius 1 is 1.22 bits per heavy atom. The molecule has 0 saturated carbocycles. The molecule has 2 aromatic heterocycles. The molecule has 18 heavy (non-hydrogen) atoms. The van der Waals surface area contributed by atoms with E-state index in [1.165, 1.54) is 6.33 Å². The summed E-state index contributed by atoms with van der Waals surface area (Å²) < 4.78 is 0. The molecule has 3 rings (SSSR count). The predicted octanol–water partition coefficient (Wildman–Crippen LogP) is 2.21. The summed E-state index contributed by atoms with van der Waals surface area (Å²) in [6.07, 6.45) is 3.11. The van der Waals surface area contributed by atoms with Gasteiger partial charge in [0.05, 0.1) is 0 Å². The summed E-state index contributed by atoms with van der Waals surface area (Å²) in [6.45, 7) is 0. The van der Waals surface area contributed by atoms with E-state index >= 15 is 0 Å².